The van der Waals surface area contributed by atoms with E-state index in [2.05, 4.69) is 15.7 Å². The molecule has 1 saturated heterocycles. The van der Waals surface area contributed by atoms with Crippen molar-refractivity contribution in [1.29, 1.82) is 0 Å². The van der Waals surface area contributed by atoms with Crippen LogP contribution in [0.25, 0.3) is 0 Å². The third-order valence-electron chi connectivity index (χ3n) is 6.96. The largest absolute Gasteiger partial charge is 0.508 e. The molecule has 0 aliphatic carbocycles. The molecule has 0 spiro atoms. The van der Waals surface area contributed by atoms with E-state index >= 15 is 0 Å². The fourth-order valence-corrected chi connectivity index (χ4v) is 6.61. The molecular formula is C30H40N4O6S2. The van der Waals surface area contributed by atoms with Crippen molar-refractivity contribution in [2.24, 2.45) is 11.8 Å². The summed E-state index contributed by atoms with van der Waals surface area (Å²) >= 11 is 0. The predicted octanol–water partition coefficient (Wildman–Crippen LogP) is 3.94. The molecule has 3 rings (SSSR count). The Morgan fingerprint density at radius 3 is 2.69 bits per heavy atom. The molecule has 3 atom stereocenters. The third-order valence-corrected chi connectivity index (χ3v) is 9.31. The van der Waals surface area contributed by atoms with Gasteiger partial charge in [-0.25, -0.2) is 10.4 Å². The van der Waals surface area contributed by atoms with E-state index in [-0.39, 0.29) is 36.2 Å². The van der Waals surface area contributed by atoms with Gasteiger partial charge in [0.05, 0.1) is 7.11 Å². The van der Waals surface area contributed by atoms with Crippen molar-refractivity contribution in [2.75, 3.05) is 19.4 Å². The van der Waals surface area contributed by atoms with Gasteiger partial charge in [0.1, 0.15) is 28.6 Å². The molecule has 2 aromatic rings. The van der Waals surface area contributed by atoms with Crippen molar-refractivity contribution in [3.05, 3.63) is 54.2 Å². The summed E-state index contributed by atoms with van der Waals surface area (Å²) in [6, 6.07) is 10.6. The molecule has 2 heterocycles. The summed E-state index contributed by atoms with van der Waals surface area (Å²) in [5, 5.41) is 15.1. The first kappa shape index (κ1) is 33.4. The Kier molecular flexibility index (Phi) is 13.6. The molecule has 12 heteroatoms. The van der Waals surface area contributed by atoms with Crippen molar-refractivity contribution in [3.63, 3.8) is 0 Å². The minimum Gasteiger partial charge on any atom is -0.508 e. The number of aromatic nitrogens is 1. The van der Waals surface area contributed by atoms with Crippen LogP contribution in [0.5, 0.6) is 5.75 Å². The Bertz CT molecular complexity index is 1200. The minimum absolute atomic E-state index is 0.00163. The van der Waals surface area contributed by atoms with Gasteiger partial charge < -0.3 is 15.2 Å². The number of Topliss-reactive ketones (excluding diaryl/α,β-unsaturated/α-hetero) is 1. The number of hydrazine groups is 1. The summed E-state index contributed by atoms with van der Waals surface area (Å²) in [5.41, 5.74) is 3.59. The summed E-state index contributed by atoms with van der Waals surface area (Å²) in [4.78, 5) is 56.4. The number of methoxy groups -OCH3 is 1. The Balaban J connectivity index is 1.62. The fraction of sp³-hybridized carbons (Fsp3) is 0.500. The number of pyridine rings is 1. The topological polar surface area (TPSA) is 138 Å². The van der Waals surface area contributed by atoms with Gasteiger partial charge in [-0.15, -0.1) is 0 Å². The zero-order chi connectivity index (χ0) is 30.5. The van der Waals surface area contributed by atoms with Gasteiger partial charge in [-0.05, 0) is 65.8 Å². The quantitative estimate of drug-likeness (QED) is 0.153. The van der Waals surface area contributed by atoms with E-state index in [0.717, 1.165) is 10.8 Å². The summed E-state index contributed by atoms with van der Waals surface area (Å²) in [5.74, 6) is -1.15. The van der Waals surface area contributed by atoms with Gasteiger partial charge in [0.2, 0.25) is 5.91 Å². The smallest absolute Gasteiger partial charge is 0.324 e. The number of carbonyl (C=O) groups is 4. The Morgan fingerprint density at radius 1 is 1.19 bits per heavy atom. The standard InChI is InChI=1S/C30H40N4O6S2/c1-20(2)24(19-23(36)11-8-16-41-42-27-13-4-5-14-31-27)28(37)32-26(18-21-9-6-10-22(35)17-21)29(38)34-15-7-12-25(33-34)30(39)40-3/h4-6,9-10,13-14,17,20,24-26,33,35H,7-8,11-12,15-16,18-19H2,1-3H3,(H,32,37)/t24-,25?,26-/m0/s1. The first-order valence-electron chi connectivity index (χ1n) is 14.1. The summed E-state index contributed by atoms with van der Waals surface area (Å²) in [6.45, 7) is 4.13. The van der Waals surface area contributed by atoms with E-state index < -0.39 is 29.9 Å². The molecular weight excluding hydrogens is 576 g/mol. The van der Waals surface area contributed by atoms with Crippen molar-refractivity contribution >= 4 is 45.2 Å². The van der Waals surface area contributed by atoms with Gasteiger partial charge in [-0.2, -0.15) is 0 Å². The van der Waals surface area contributed by atoms with Crippen molar-refractivity contribution in [2.45, 2.75) is 69.5 Å². The van der Waals surface area contributed by atoms with Crippen LogP contribution in [0.3, 0.4) is 0 Å². The van der Waals surface area contributed by atoms with E-state index in [1.165, 1.54) is 18.2 Å². The molecule has 0 radical (unpaired) electrons. The summed E-state index contributed by atoms with van der Waals surface area (Å²) in [7, 11) is 4.50. The number of ketones is 1. The molecule has 0 bridgehead atoms. The number of phenolic OH excluding ortho intramolecular Hbond substituents is 1. The number of ether oxygens (including phenoxy) is 1. The number of nitrogens with one attached hydrogen (secondary N) is 2. The first-order valence-corrected chi connectivity index (χ1v) is 16.5. The lowest BCUT2D eigenvalue weighted by atomic mass is 9.88. The first-order chi connectivity index (χ1) is 20.2. The molecule has 1 fully saturated rings. The zero-order valence-corrected chi connectivity index (χ0v) is 25.9. The van der Waals surface area contributed by atoms with Crippen LogP contribution in [-0.2, 0) is 30.3 Å². The number of phenols is 1. The highest BCUT2D eigenvalue weighted by Crippen LogP contribution is 2.30. The molecule has 1 aromatic heterocycles. The number of nitrogens with zero attached hydrogens (tertiary/aromatic N) is 2. The zero-order valence-electron chi connectivity index (χ0n) is 24.3. The highest BCUT2D eigenvalue weighted by Gasteiger charge is 2.35. The van der Waals surface area contributed by atoms with Crippen LogP contribution in [0.4, 0.5) is 0 Å². The number of esters is 1. The Labute approximate surface area is 255 Å². The van der Waals surface area contributed by atoms with E-state index in [1.54, 1.807) is 46.0 Å². The lowest BCUT2D eigenvalue weighted by Crippen LogP contribution is -2.60. The number of hydrogen-bond acceptors (Lipinski definition) is 10. The van der Waals surface area contributed by atoms with Gasteiger partial charge in [0, 0.05) is 43.7 Å². The number of amides is 2. The maximum atomic E-state index is 13.7. The van der Waals surface area contributed by atoms with E-state index in [4.69, 9.17) is 4.74 Å². The maximum absolute atomic E-state index is 13.7. The Hall–Kier alpha value is -3.09. The maximum Gasteiger partial charge on any atom is 0.324 e. The predicted molar refractivity (Wildman–Crippen MR) is 163 cm³/mol. The van der Waals surface area contributed by atoms with Crippen LogP contribution in [0.1, 0.15) is 51.5 Å². The third kappa shape index (κ3) is 10.6. The Morgan fingerprint density at radius 2 is 2.00 bits per heavy atom. The van der Waals surface area contributed by atoms with Crippen molar-refractivity contribution < 1.29 is 29.0 Å². The minimum atomic E-state index is -0.973. The molecule has 228 valence electrons. The average Bonchev–Trinajstić information content (AvgIpc) is 2.99. The molecule has 1 aromatic carbocycles. The molecule has 2 amide bonds. The van der Waals surface area contributed by atoms with Crippen LogP contribution in [0, 0.1) is 11.8 Å². The number of benzene rings is 1. The summed E-state index contributed by atoms with van der Waals surface area (Å²) in [6.07, 6.45) is 4.13. The molecule has 1 aliphatic rings. The van der Waals surface area contributed by atoms with E-state index in [1.807, 2.05) is 32.0 Å². The molecule has 1 unspecified atom stereocenters. The van der Waals surface area contributed by atoms with Gasteiger partial charge in [-0.3, -0.25) is 24.2 Å². The van der Waals surface area contributed by atoms with Crippen molar-refractivity contribution in [1.82, 2.24) is 20.7 Å². The number of hydrogen-bond donors (Lipinski definition) is 3. The van der Waals surface area contributed by atoms with Crippen LogP contribution in [0.2, 0.25) is 0 Å². The van der Waals surface area contributed by atoms with Crippen LogP contribution < -0.4 is 10.7 Å². The number of carbonyl (C=O) groups excluding carboxylic acids is 4. The highest BCUT2D eigenvalue weighted by atomic mass is 33.1. The van der Waals surface area contributed by atoms with Crippen LogP contribution in [0.15, 0.2) is 53.7 Å². The lowest BCUT2D eigenvalue weighted by Gasteiger charge is -2.35. The molecule has 10 nitrogen and oxygen atoms in total. The second-order valence-corrected chi connectivity index (χ2v) is 13.0. The van der Waals surface area contributed by atoms with Gasteiger partial charge in [-0.1, -0.05) is 42.8 Å². The molecule has 1 aliphatic heterocycles. The van der Waals surface area contributed by atoms with Gasteiger partial charge in [0.25, 0.3) is 5.91 Å². The van der Waals surface area contributed by atoms with E-state index in [0.29, 0.717) is 37.8 Å². The SMILES string of the molecule is COC(=O)C1CCCN(C(=O)[C@H](Cc2cccc(O)c2)NC(=O)[C@@H](CC(=O)CCCSSc2ccccn2)C(C)C)N1. The molecule has 42 heavy (non-hydrogen) atoms. The fourth-order valence-electron chi connectivity index (χ4n) is 4.65. The second-order valence-electron chi connectivity index (χ2n) is 10.5. The van der Waals surface area contributed by atoms with E-state index in [9.17, 15) is 24.3 Å². The normalized spacial score (nSPS) is 16.5. The van der Waals surface area contributed by atoms with Gasteiger partial charge >= 0.3 is 5.97 Å². The highest BCUT2D eigenvalue weighted by molar-refractivity contribution is 8.76. The second kappa shape index (κ2) is 17.1. The summed E-state index contributed by atoms with van der Waals surface area (Å²) < 4.78 is 4.83. The lowest BCUT2D eigenvalue weighted by molar-refractivity contribution is -0.151. The van der Waals surface area contributed by atoms with Gasteiger partial charge in [0.15, 0.2) is 0 Å². The average molecular weight is 617 g/mol. The van der Waals surface area contributed by atoms with Crippen LogP contribution >= 0.6 is 21.6 Å². The molecule has 0 saturated carbocycles. The van der Waals surface area contributed by atoms with Crippen molar-refractivity contribution in [3.8, 4) is 5.75 Å². The number of rotatable bonds is 15. The van der Waals surface area contributed by atoms with Crippen LogP contribution in [-0.4, -0.2) is 70.2 Å². The number of aromatic hydroxyl groups is 1. The monoisotopic (exact) mass is 616 g/mol. The molecule has 3 N–H and O–H groups in total.